The molecule has 5 heteroatoms. The van der Waals surface area contributed by atoms with Gasteiger partial charge in [-0.2, -0.15) is 0 Å². The summed E-state index contributed by atoms with van der Waals surface area (Å²) in [5.74, 6) is 0.768. The number of carbonyl (C=O) groups is 1. The van der Waals surface area contributed by atoms with Crippen molar-refractivity contribution in [2.45, 2.75) is 58.0 Å². The fraction of sp³-hybridized carbons (Fsp3) is 0.476. The summed E-state index contributed by atoms with van der Waals surface area (Å²) in [6, 6.07) is 6.31. The molecular formula is C21H25N3O2. The van der Waals surface area contributed by atoms with Crippen molar-refractivity contribution in [2.75, 3.05) is 7.11 Å². The molecule has 2 aromatic rings. The predicted molar refractivity (Wildman–Crippen MR) is 99.3 cm³/mol. The second kappa shape index (κ2) is 7.06. The van der Waals surface area contributed by atoms with Crippen LogP contribution in [0.2, 0.25) is 0 Å². The Bertz CT molecular complexity index is 811. The largest absolute Gasteiger partial charge is 0.481 e. The summed E-state index contributed by atoms with van der Waals surface area (Å²) in [6.07, 6.45) is 8.55. The Morgan fingerprint density at radius 1 is 1.23 bits per heavy atom. The Morgan fingerprint density at radius 2 is 2.04 bits per heavy atom. The van der Waals surface area contributed by atoms with Crippen molar-refractivity contribution >= 4 is 5.91 Å². The lowest BCUT2D eigenvalue weighted by Crippen LogP contribution is -2.36. The minimum atomic E-state index is 0.161. The van der Waals surface area contributed by atoms with Crippen LogP contribution in [-0.4, -0.2) is 33.9 Å². The molecule has 0 bridgehead atoms. The van der Waals surface area contributed by atoms with Crippen LogP contribution >= 0.6 is 0 Å². The highest BCUT2D eigenvalue weighted by Gasteiger charge is 2.34. The fourth-order valence-corrected chi connectivity index (χ4v) is 4.11. The number of amides is 1. The molecular weight excluding hydrogens is 326 g/mol. The van der Waals surface area contributed by atoms with E-state index in [0.717, 1.165) is 47.3 Å². The second-order valence-electron chi connectivity index (χ2n) is 7.34. The minimum absolute atomic E-state index is 0.161. The zero-order valence-corrected chi connectivity index (χ0v) is 15.5. The van der Waals surface area contributed by atoms with Crippen molar-refractivity contribution in [3.8, 4) is 5.88 Å². The van der Waals surface area contributed by atoms with Crippen LogP contribution in [0.25, 0.3) is 0 Å². The molecule has 1 fully saturated rings. The van der Waals surface area contributed by atoms with Crippen molar-refractivity contribution < 1.29 is 9.53 Å². The van der Waals surface area contributed by atoms with E-state index in [-0.39, 0.29) is 5.91 Å². The number of ether oxygens (including phenoxy) is 1. The van der Waals surface area contributed by atoms with Crippen LogP contribution in [0.5, 0.6) is 5.88 Å². The lowest BCUT2D eigenvalue weighted by atomic mass is 9.94. The van der Waals surface area contributed by atoms with Crippen molar-refractivity contribution in [2.24, 2.45) is 0 Å². The Hall–Kier alpha value is -2.43. The van der Waals surface area contributed by atoms with Crippen LogP contribution in [0.3, 0.4) is 0 Å². The summed E-state index contributed by atoms with van der Waals surface area (Å²) in [5.41, 5.74) is 4.91. The quantitative estimate of drug-likeness (QED) is 0.843. The van der Waals surface area contributed by atoms with E-state index in [4.69, 9.17) is 9.72 Å². The van der Waals surface area contributed by atoms with Gasteiger partial charge in [-0.05, 0) is 37.0 Å². The zero-order valence-electron chi connectivity index (χ0n) is 15.5. The number of carbonyl (C=O) groups excluding carboxylic acids is 1. The molecule has 136 valence electrons. The summed E-state index contributed by atoms with van der Waals surface area (Å²) in [6.45, 7) is 2.70. The minimum Gasteiger partial charge on any atom is -0.481 e. The van der Waals surface area contributed by atoms with Gasteiger partial charge in [0.1, 0.15) is 0 Å². The van der Waals surface area contributed by atoms with Crippen LogP contribution in [-0.2, 0) is 13.0 Å². The average Bonchev–Trinajstić information content (AvgIpc) is 2.99. The first-order valence-electron chi connectivity index (χ1n) is 9.45. The van der Waals surface area contributed by atoms with Gasteiger partial charge >= 0.3 is 0 Å². The first kappa shape index (κ1) is 17.0. The van der Waals surface area contributed by atoms with Crippen LogP contribution in [0, 0.1) is 6.92 Å². The van der Waals surface area contributed by atoms with Crippen molar-refractivity contribution in [3.63, 3.8) is 0 Å². The maximum absolute atomic E-state index is 13.0. The maximum atomic E-state index is 13.0. The number of pyridine rings is 2. The van der Waals surface area contributed by atoms with Crippen molar-refractivity contribution in [1.29, 1.82) is 0 Å². The Labute approximate surface area is 154 Å². The van der Waals surface area contributed by atoms with Crippen LogP contribution in [0.15, 0.2) is 24.4 Å². The number of hydrogen-bond acceptors (Lipinski definition) is 4. The van der Waals surface area contributed by atoms with E-state index in [9.17, 15) is 4.79 Å². The zero-order chi connectivity index (χ0) is 18.1. The molecule has 1 aliphatic heterocycles. The molecule has 4 rings (SSSR count). The molecule has 0 unspecified atom stereocenters. The van der Waals surface area contributed by atoms with E-state index in [1.807, 2.05) is 31.3 Å². The monoisotopic (exact) mass is 351 g/mol. The summed E-state index contributed by atoms with van der Waals surface area (Å²) in [4.78, 5) is 24.0. The number of nitrogens with zero attached hydrogens (tertiary/aromatic N) is 3. The number of rotatable bonds is 4. The highest BCUT2D eigenvalue weighted by atomic mass is 16.5. The summed E-state index contributed by atoms with van der Waals surface area (Å²) < 4.78 is 5.11. The van der Waals surface area contributed by atoms with Gasteiger partial charge in [-0.1, -0.05) is 25.3 Å². The molecule has 1 saturated carbocycles. The summed E-state index contributed by atoms with van der Waals surface area (Å²) >= 11 is 0. The standard InChI is InChI=1S/C21H25N3O2/c1-14-16(10-15-8-9-20(26-2)22-12-15)11-18-19(23-14)13-24(21(18)25)17-6-4-3-5-7-17/h8-9,11-12,17H,3-7,10,13H2,1-2H3. The Kier molecular flexibility index (Phi) is 4.62. The third-order valence-corrected chi connectivity index (χ3v) is 5.63. The summed E-state index contributed by atoms with van der Waals surface area (Å²) in [7, 11) is 1.61. The molecule has 0 N–H and O–H groups in total. The molecule has 5 nitrogen and oxygen atoms in total. The van der Waals surface area contributed by atoms with Gasteiger partial charge in [0.25, 0.3) is 5.91 Å². The molecule has 2 aliphatic rings. The highest BCUT2D eigenvalue weighted by Crippen LogP contribution is 2.31. The molecule has 2 aromatic heterocycles. The third kappa shape index (κ3) is 3.18. The maximum Gasteiger partial charge on any atom is 0.256 e. The Balaban J connectivity index is 1.56. The molecule has 0 atom stereocenters. The topological polar surface area (TPSA) is 55.3 Å². The van der Waals surface area contributed by atoms with E-state index < -0.39 is 0 Å². The summed E-state index contributed by atoms with van der Waals surface area (Å²) in [5, 5.41) is 0. The number of aromatic nitrogens is 2. The molecule has 0 spiro atoms. The van der Waals surface area contributed by atoms with E-state index in [1.165, 1.54) is 19.3 Å². The van der Waals surface area contributed by atoms with Gasteiger partial charge in [-0.25, -0.2) is 4.98 Å². The van der Waals surface area contributed by atoms with Gasteiger partial charge in [0, 0.05) is 30.4 Å². The van der Waals surface area contributed by atoms with Crippen LogP contribution < -0.4 is 4.74 Å². The molecule has 26 heavy (non-hydrogen) atoms. The first-order chi connectivity index (χ1) is 12.7. The van der Waals surface area contributed by atoms with Crippen LogP contribution in [0.4, 0.5) is 0 Å². The van der Waals surface area contributed by atoms with Gasteiger partial charge in [0.15, 0.2) is 0 Å². The molecule has 1 aliphatic carbocycles. The lowest BCUT2D eigenvalue weighted by molar-refractivity contribution is 0.0659. The normalized spacial score (nSPS) is 17.5. The highest BCUT2D eigenvalue weighted by molar-refractivity contribution is 5.98. The SMILES string of the molecule is COc1ccc(Cc2cc3c(nc2C)CN(C2CCCCC2)C3=O)cn1. The predicted octanol–water partition coefficient (Wildman–Crippen LogP) is 3.67. The van der Waals surface area contributed by atoms with E-state index >= 15 is 0 Å². The fourth-order valence-electron chi connectivity index (χ4n) is 4.11. The molecule has 3 heterocycles. The van der Waals surface area contributed by atoms with E-state index in [1.54, 1.807) is 7.11 Å². The van der Waals surface area contributed by atoms with Gasteiger partial charge < -0.3 is 9.64 Å². The number of hydrogen-bond donors (Lipinski definition) is 0. The van der Waals surface area contributed by atoms with Gasteiger partial charge in [-0.15, -0.1) is 0 Å². The molecule has 0 aromatic carbocycles. The van der Waals surface area contributed by atoms with E-state index in [0.29, 0.717) is 18.5 Å². The van der Waals surface area contributed by atoms with E-state index in [2.05, 4.69) is 9.88 Å². The molecule has 1 amide bonds. The first-order valence-corrected chi connectivity index (χ1v) is 9.45. The number of fused-ring (bicyclic) bond motifs is 1. The van der Waals surface area contributed by atoms with Crippen molar-refractivity contribution in [3.05, 3.63) is 52.5 Å². The van der Waals surface area contributed by atoms with Gasteiger partial charge in [-0.3, -0.25) is 9.78 Å². The van der Waals surface area contributed by atoms with Gasteiger partial charge in [0.2, 0.25) is 5.88 Å². The second-order valence-corrected chi connectivity index (χ2v) is 7.34. The lowest BCUT2D eigenvalue weighted by Gasteiger charge is -2.30. The smallest absolute Gasteiger partial charge is 0.256 e. The third-order valence-electron chi connectivity index (χ3n) is 5.63. The number of aryl methyl sites for hydroxylation is 1. The van der Waals surface area contributed by atoms with Crippen molar-refractivity contribution in [1.82, 2.24) is 14.9 Å². The average molecular weight is 351 g/mol. The van der Waals surface area contributed by atoms with Crippen LogP contribution in [0.1, 0.15) is 65.0 Å². The number of methoxy groups -OCH3 is 1. The van der Waals surface area contributed by atoms with Gasteiger partial charge in [0.05, 0.1) is 24.9 Å². The molecule has 0 radical (unpaired) electrons. The molecule has 0 saturated heterocycles. The Morgan fingerprint density at radius 3 is 2.73 bits per heavy atom.